The van der Waals surface area contributed by atoms with E-state index in [0.29, 0.717) is 17.2 Å². The fourth-order valence-electron chi connectivity index (χ4n) is 1.66. The van der Waals surface area contributed by atoms with Gasteiger partial charge in [-0.2, -0.15) is 11.8 Å². The van der Waals surface area contributed by atoms with E-state index in [9.17, 15) is 4.79 Å². The smallest absolute Gasteiger partial charge is 0.157 e. The van der Waals surface area contributed by atoms with Gasteiger partial charge in [0.05, 0.1) is 0 Å². The Morgan fingerprint density at radius 2 is 1.94 bits per heavy atom. The van der Waals surface area contributed by atoms with Crippen molar-refractivity contribution < 1.29 is 4.79 Å². The highest BCUT2D eigenvalue weighted by Gasteiger charge is 2.06. The largest absolute Gasteiger partial charge is 0.295 e. The van der Waals surface area contributed by atoms with Gasteiger partial charge in [-0.1, -0.05) is 39.7 Å². The molecule has 0 heterocycles. The van der Waals surface area contributed by atoms with Crippen molar-refractivity contribution in [2.45, 2.75) is 71.0 Å². The first-order valence-corrected chi connectivity index (χ1v) is 7.93. The van der Waals surface area contributed by atoms with Gasteiger partial charge in [0, 0.05) is 11.7 Å². The molecular weight excluding hydrogens is 228 g/mol. The topological polar surface area (TPSA) is 17.1 Å². The molecule has 0 fully saturated rings. The zero-order valence-corrected chi connectivity index (χ0v) is 12.6. The molecule has 2 heteroatoms. The molecule has 0 saturated heterocycles. The summed E-state index contributed by atoms with van der Waals surface area (Å²) in [5.74, 6) is 1.50. The van der Waals surface area contributed by atoms with Crippen LogP contribution in [0.1, 0.15) is 65.7 Å². The fourth-order valence-corrected chi connectivity index (χ4v) is 2.77. The predicted octanol–water partition coefficient (Wildman–Crippen LogP) is 5.00. The van der Waals surface area contributed by atoms with Crippen molar-refractivity contribution in [3.63, 3.8) is 0 Å². The van der Waals surface area contributed by atoms with E-state index in [2.05, 4.69) is 32.2 Å². The second-order valence-electron chi connectivity index (χ2n) is 4.84. The first-order chi connectivity index (χ1) is 8.07. The summed E-state index contributed by atoms with van der Waals surface area (Å²) in [5.41, 5.74) is 0.699. The monoisotopic (exact) mass is 256 g/mol. The van der Waals surface area contributed by atoms with Crippen LogP contribution in [0.15, 0.2) is 12.2 Å². The van der Waals surface area contributed by atoms with Gasteiger partial charge in [-0.15, -0.1) is 0 Å². The molecule has 1 atom stereocenters. The molecule has 0 aromatic rings. The number of hydrogen-bond donors (Lipinski definition) is 0. The third kappa shape index (κ3) is 10.6. The standard InChI is InChI=1S/C15H28OS/c1-5-6-7-8-12-17-14(4)10-9-11-15(16)13(2)3/h14H,2,5-12H2,1,3-4H3. The average Bonchev–Trinajstić information content (AvgIpc) is 2.28. The van der Waals surface area contributed by atoms with E-state index in [-0.39, 0.29) is 5.78 Å². The van der Waals surface area contributed by atoms with Gasteiger partial charge in [-0.25, -0.2) is 0 Å². The summed E-state index contributed by atoms with van der Waals surface area (Å²) in [5, 5.41) is 0.689. The summed E-state index contributed by atoms with van der Waals surface area (Å²) >= 11 is 2.05. The highest BCUT2D eigenvalue weighted by atomic mass is 32.2. The van der Waals surface area contributed by atoms with E-state index in [1.54, 1.807) is 6.92 Å². The lowest BCUT2D eigenvalue weighted by Gasteiger charge is -2.10. The van der Waals surface area contributed by atoms with Crippen LogP contribution in [0.5, 0.6) is 0 Å². The lowest BCUT2D eigenvalue weighted by Crippen LogP contribution is -2.02. The minimum atomic E-state index is 0.227. The lowest BCUT2D eigenvalue weighted by atomic mass is 10.1. The number of thioether (sulfide) groups is 1. The second-order valence-corrected chi connectivity index (χ2v) is 6.38. The third-order valence-electron chi connectivity index (χ3n) is 2.89. The molecule has 1 nitrogen and oxygen atoms in total. The van der Waals surface area contributed by atoms with Crippen LogP contribution in [0.4, 0.5) is 0 Å². The molecule has 0 amide bonds. The van der Waals surface area contributed by atoms with Crippen molar-refractivity contribution in [3.8, 4) is 0 Å². The van der Waals surface area contributed by atoms with Crippen LogP contribution < -0.4 is 0 Å². The van der Waals surface area contributed by atoms with E-state index in [1.807, 2.05) is 0 Å². The van der Waals surface area contributed by atoms with Crippen molar-refractivity contribution >= 4 is 17.5 Å². The van der Waals surface area contributed by atoms with Crippen molar-refractivity contribution in [1.29, 1.82) is 0 Å². The van der Waals surface area contributed by atoms with Crippen molar-refractivity contribution in [2.75, 3.05) is 5.75 Å². The minimum Gasteiger partial charge on any atom is -0.295 e. The first kappa shape index (κ1) is 16.8. The minimum absolute atomic E-state index is 0.227. The third-order valence-corrected chi connectivity index (χ3v) is 4.22. The Hall–Kier alpha value is -0.240. The van der Waals surface area contributed by atoms with Gasteiger partial charge >= 0.3 is 0 Å². The van der Waals surface area contributed by atoms with E-state index in [1.165, 1.54) is 31.4 Å². The van der Waals surface area contributed by atoms with Crippen molar-refractivity contribution in [1.82, 2.24) is 0 Å². The summed E-state index contributed by atoms with van der Waals surface area (Å²) in [6, 6.07) is 0. The number of unbranched alkanes of at least 4 members (excludes halogenated alkanes) is 3. The number of ketones is 1. The Morgan fingerprint density at radius 3 is 2.53 bits per heavy atom. The molecule has 17 heavy (non-hydrogen) atoms. The van der Waals surface area contributed by atoms with Crippen LogP contribution in [-0.4, -0.2) is 16.8 Å². The SMILES string of the molecule is C=C(C)C(=O)CCCC(C)SCCCCCC. The summed E-state index contributed by atoms with van der Waals surface area (Å²) in [7, 11) is 0. The van der Waals surface area contributed by atoms with Crippen LogP contribution in [0.25, 0.3) is 0 Å². The quantitative estimate of drug-likeness (QED) is 0.382. The van der Waals surface area contributed by atoms with E-state index in [4.69, 9.17) is 0 Å². The van der Waals surface area contributed by atoms with Gasteiger partial charge in [-0.05, 0) is 37.5 Å². The molecule has 1 unspecified atom stereocenters. The predicted molar refractivity (Wildman–Crippen MR) is 79.7 cm³/mol. The molecule has 0 aromatic heterocycles. The second kappa shape index (κ2) is 10.9. The van der Waals surface area contributed by atoms with E-state index >= 15 is 0 Å². The maximum atomic E-state index is 11.4. The van der Waals surface area contributed by atoms with Gasteiger partial charge in [0.25, 0.3) is 0 Å². The number of rotatable bonds is 11. The number of allylic oxidation sites excluding steroid dienone is 1. The van der Waals surface area contributed by atoms with Gasteiger partial charge in [0.15, 0.2) is 5.78 Å². The highest BCUT2D eigenvalue weighted by molar-refractivity contribution is 7.99. The van der Waals surface area contributed by atoms with Gasteiger partial charge in [0.2, 0.25) is 0 Å². The molecule has 0 aliphatic heterocycles. The molecule has 0 aliphatic rings. The lowest BCUT2D eigenvalue weighted by molar-refractivity contribution is -0.115. The number of Topliss-reactive ketones (excluding diaryl/α,β-unsaturated/α-hetero) is 1. The van der Waals surface area contributed by atoms with Gasteiger partial charge in [-0.3, -0.25) is 4.79 Å². The zero-order chi connectivity index (χ0) is 13.1. The van der Waals surface area contributed by atoms with Crippen molar-refractivity contribution in [2.24, 2.45) is 0 Å². The summed E-state index contributed by atoms with van der Waals surface area (Å²) in [4.78, 5) is 11.4. The molecule has 100 valence electrons. The zero-order valence-electron chi connectivity index (χ0n) is 11.8. The van der Waals surface area contributed by atoms with Crippen LogP contribution >= 0.6 is 11.8 Å². The first-order valence-electron chi connectivity index (χ1n) is 6.88. The molecule has 0 saturated carbocycles. The van der Waals surface area contributed by atoms with Crippen LogP contribution in [-0.2, 0) is 4.79 Å². The van der Waals surface area contributed by atoms with Crippen LogP contribution in [0.3, 0.4) is 0 Å². The van der Waals surface area contributed by atoms with Crippen LogP contribution in [0.2, 0.25) is 0 Å². The molecule has 0 aromatic carbocycles. The number of carbonyl (C=O) groups is 1. The normalized spacial score (nSPS) is 12.4. The Morgan fingerprint density at radius 1 is 1.24 bits per heavy atom. The summed E-state index contributed by atoms with van der Waals surface area (Å²) in [6.07, 6.45) is 8.21. The molecular formula is C15H28OS. The Labute approximate surface area is 111 Å². The molecule has 0 spiro atoms. The highest BCUT2D eigenvalue weighted by Crippen LogP contribution is 2.19. The Kier molecular flexibility index (Phi) is 10.7. The van der Waals surface area contributed by atoms with E-state index in [0.717, 1.165) is 12.8 Å². The molecule has 0 rings (SSSR count). The average molecular weight is 256 g/mol. The number of hydrogen-bond acceptors (Lipinski definition) is 2. The molecule has 0 aliphatic carbocycles. The van der Waals surface area contributed by atoms with Gasteiger partial charge in [0.1, 0.15) is 0 Å². The maximum Gasteiger partial charge on any atom is 0.157 e. The van der Waals surface area contributed by atoms with Crippen LogP contribution in [0, 0.1) is 0 Å². The summed E-state index contributed by atoms with van der Waals surface area (Å²) in [6.45, 7) is 9.99. The molecule has 0 N–H and O–H groups in total. The Bertz CT molecular complexity index is 223. The maximum absolute atomic E-state index is 11.4. The van der Waals surface area contributed by atoms with E-state index < -0.39 is 0 Å². The number of carbonyl (C=O) groups excluding carboxylic acids is 1. The van der Waals surface area contributed by atoms with Gasteiger partial charge < -0.3 is 0 Å². The Balaban J connectivity index is 3.37. The van der Waals surface area contributed by atoms with Crippen molar-refractivity contribution in [3.05, 3.63) is 12.2 Å². The fraction of sp³-hybridized carbons (Fsp3) is 0.800. The summed E-state index contributed by atoms with van der Waals surface area (Å²) < 4.78 is 0. The molecule has 0 bridgehead atoms. The molecule has 0 radical (unpaired) electrons.